The predicted octanol–water partition coefficient (Wildman–Crippen LogP) is 5.42. The van der Waals surface area contributed by atoms with Crippen LogP contribution in [0.4, 0.5) is 5.69 Å². The summed E-state index contributed by atoms with van der Waals surface area (Å²) in [5, 5.41) is 11.8. The molecule has 0 spiro atoms. The van der Waals surface area contributed by atoms with E-state index in [1.54, 1.807) is 42.5 Å². The minimum Gasteiger partial charge on any atom is -0.375 e. The van der Waals surface area contributed by atoms with Gasteiger partial charge in [-0.15, -0.1) is 0 Å². The van der Waals surface area contributed by atoms with E-state index in [0.717, 1.165) is 15.6 Å². The highest BCUT2D eigenvalue weighted by atomic mass is 79.9. The number of hydrogen-bond acceptors (Lipinski definition) is 3. The van der Waals surface area contributed by atoms with Crippen LogP contribution in [-0.4, -0.2) is 16.8 Å². The quantitative estimate of drug-likeness (QED) is 0.492. The molecule has 30 heavy (non-hydrogen) atoms. The Morgan fingerprint density at radius 2 is 1.73 bits per heavy atom. The van der Waals surface area contributed by atoms with E-state index in [4.69, 9.17) is 11.6 Å². The van der Waals surface area contributed by atoms with Crippen LogP contribution in [0.15, 0.2) is 71.2 Å². The molecule has 0 saturated carbocycles. The van der Waals surface area contributed by atoms with Gasteiger partial charge in [-0.1, -0.05) is 69.5 Å². The van der Waals surface area contributed by atoms with Crippen LogP contribution in [0.3, 0.4) is 0 Å². The summed E-state index contributed by atoms with van der Waals surface area (Å²) < 4.78 is 0.844. The zero-order valence-corrected chi connectivity index (χ0v) is 18.6. The average molecular weight is 485 g/mol. The third kappa shape index (κ3) is 3.81. The molecule has 1 aliphatic heterocycles. The van der Waals surface area contributed by atoms with Gasteiger partial charge in [-0.05, 0) is 42.8 Å². The second kappa shape index (κ2) is 7.99. The minimum atomic E-state index is -1.96. The van der Waals surface area contributed by atoms with Crippen molar-refractivity contribution in [3.05, 3.63) is 98.5 Å². The lowest BCUT2D eigenvalue weighted by Gasteiger charge is -2.23. The fraction of sp³-hybridized carbons (Fsp3) is 0.167. The number of halogens is 2. The summed E-state index contributed by atoms with van der Waals surface area (Å²) in [6.45, 7) is 2.29. The first kappa shape index (κ1) is 20.8. The first-order valence-corrected chi connectivity index (χ1v) is 10.6. The van der Waals surface area contributed by atoms with E-state index in [0.29, 0.717) is 28.4 Å². The summed E-state index contributed by atoms with van der Waals surface area (Å²) in [6, 6.07) is 19.6. The number of fused-ring (bicyclic) bond motifs is 1. The molecule has 4 rings (SSSR count). The van der Waals surface area contributed by atoms with Gasteiger partial charge < -0.3 is 10.0 Å². The van der Waals surface area contributed by atoms with Crippen LogP contribution < -0.4 is 4.90 Å². The molecule has 0 aliphatic carbocycles. The molecule has 152 valence electrons. The monoisotopic (exact) mass is 483 g/mol. The third-order valence-electron chi connectivity index (χ3n) is 5.34. The molecule has 3 aromatic rings. The maximum atomic E-state index is 13.4. The van der Waals surface area contributed by atoms with Crippen LogP contribution in [0.5, 0.6) is 0 Å². The summed E-state index contributed by atoms with van der Waals surface area (Å²) >= 11 is 9.50. The topological polar surface area (TPSA) is 57.6 Å². The summed E-state index contributed by atoms with van der Waals surface area (Å²) in [5.74, 6) is -0.840. The molecule has 0 saturated heterocycles. The second-order valence-electron chi connectivity index (χ2n) is 7.51. The molecular weight excluding hydrogens is 466 g/mol. The SMILES string of the molecule is Cc1ccc(CN2C(=O)[C@](O)(CC(=O)c3ccc(Br)cc3)c3cc(Cl)ccc32)cc1. The zero-order valence-electron chi connectivity index (χ0n) is 16.2. The highest BCUT2D eigenvalue weighted by Crippen LogP contribution is 2.44. The van der Waals surface area contributed by atoms with Gasteiger partial charge in [-0.2, -0.15) is 0 Å². The Morgan fingerprint density at radius 3 is 2.40 bits per heavy atom. The fourth-order valence-corrected chi connectivity index (χ4v) is 4.13. The Labute approximate surface area is 188 Å². The number of hydrogen-bond donors (Lipinski definition) is 1. The van der Waals surface area contributed by atoms with Gasteiger partial charge in [0.05, 0.1) is 18.7 Å². The van der Waals surface area contributed by atoms with E-state index >= 15 is 0 Å². The average Bonchev–Trinajstić information content (AvgIpc) is 2.91. The Balaban J connectivity index is 1.70. The number of ketones is 1. The molecular formula is C24H19BrClNO3. The molecule has 1 N–H and O–H groups in total. The van der Waals surface area contributed by atoms with E-state index in [9.17, 15) is 14.7 Å². The van der Waals surface area contributed by atoms with E-state index in [2.05, 4.69) is 15.9 Å². The molecule has 0 radical (unpaired) electrons. The third-order valence-corrected chi connectivity index (χ3v) is 6.10. The van der Waals surface area contributed by atoms with Gasteiger partial charge in [-0.25, -0.2) is 0 Å². The van der Waals surface area contributed by atoms with Crippen LogP contribution in [0.25, 0.3) is 0 Å². The van der Waals surface area contributed by atoms with E-state index in [1.165, 1.54) is 4.90 Å². The lowest BCUT2D eigenvalue weighted by molar-refractivity contribution is -0.136. The van der Waals surface area contributed by atoms with Crippen molar-refractivity contribution in [1.29, 1.82) is 0 Å². The van der Waals surface area contributed by atoms with Crippen LogP contribution in [0, 0.1) is 6.92 Å². The second-order valence-corrected chi connectivity index (χ2v) is 8.86. The molecule has 6 heteroatoms. The normalized spacial score (nSPS) is 17.9. The smallest absolute Gasteiger partial charge is 0.264 e. The maximum absolute atomic E-state index is 13.4. The molecule has 1 heterocycles. The van der Waals surface area contributed by atoms with Crippen LogP contribution in [0.1, 0.15) is 33.5 Å². The molecule has 0 aromatic heterocycles. The van der Waals surface area contributed by atoms with Gasteiger partial charge in [0.2, 0.25) is 0 Å². The number of aryl methyl sites for hydroxylation is 1. The molecule has 0 fully saturated rings. The molecule has 1 amide bonds. The predicted molar refractivity (Wildman–Crippen MR) is 121 cm³/mol. The minimum absolute atomic E-state index is 0.294. The number of aliphatic hydroxyl groups is 1. The standard InChI is InChI=1S/C24H19BrClNO3/c1-15-2-4-16(5-3-15)14-27-21-11-10-19(26)12-20(21)24(30,23(27)29)13-22(28)17-6-8-18(25)9-7-17/h2-12,30H,13-14H2,1H3/t24-/m0/s1. The Kier molecular flexibility index (Phi) is 5.53. The number of amides is 1. The zero-order chi connectivity index (χ0) is 21.5. The van der Waals surface area contributed by atoms with Crippen LogP contribution in [-0.2, 0) is 16.9 Å². The molecule has 0 unspecified atom stereocenters. The van der Waals surface area contributed by atoms with Gasteiger partial charge in [0.15, 0.2) is 11.4 Å². The fourth-order valence-electron chi connectivity index (χ4n) is 3.70. The van der Waals surface area contributed by atoms with Gasteiger partial charge in [0, 0.05) is 20.6 Å². The maximum Gasteiger partial charge on any atom is 0.264 e. The molecule has 1 atom stereocenters. The van der Waals surface area contributed by atoms with Gasteiger partial charge in [-0.3, -0.25) is 9.59 Å². The molecule has 0 bridgehead atoms. The number of anilines is 1. The number of rotatable bonds is 5. The van der Waals surface area contributed by atoms with E-state index in [-0.39, 0.29) is 12.2 Å². The van der Waals surface area contributed by atoms with Crippen molar-refractivity contribution in [3.8, 4) is 0 Å². The summed E-state index contributed by atoms with van der Waals surface area (Å²) in [6.07, 6.45) is -0.356. The lowest BCUT2D eigenvalue weighted by Crippen LogP contribution is -2.41. The first-order chi connectivity index (χ1) is 14.3. The van der Waals surface area contributed by atoms with Crippen molar-refractivity contribution < 1.29 is 14.7 Å². The van der Waals surface area contributed by atoms with Crippen molar-refractivity contribution in [2.45, 2.75) is 25.5 Å². The number of carbonyl (C=O) groups excluding carboxylic acids is 2. The van der Waals surface area contributed by atoms with E-state index < -0.39 is 11.5 Å². The van der Waals surface area contributed by atoms with Crippen molar-refractivity contribution in [3.63, 3.8) is 0 Å². The Bertz CT molecular complexity index is 1130. The van der Waals surface area contributed by atoms with Crippen LogP contribution in [0.2, 0.25) is 5.02 Å². The van der Waals surface area contributed by atoms with Crippen molar-refractivity contribution >= 4 is 44.9 Å². The lowest BCUT2D eigenvalue weighted by atomic mass is 9.88. The first-order valence-electron chi connectivity index (χ1n) is 9.46. The highest BCUT2D eigenvalue weighted by Gasteiger charge is 2.51. The number of Topliss-reactive ketones (excluding diaryl/α,β-unsaturated/α-hetero) is 1. The van der Waals surface area contributed by atoms with Crippen LogP contribution >= 0.6 is 27.5 Å². The summed E-state index contributed by atoms with van der Waals surface area (Å²) in [5.41, 5.74) is 1.44. The summed E-state index contributed by atoms with van der Waals surface area (Å²) in [7, 11) is 0. The van der Waals surface area contributed by atoms with Gasteiger partial charge >= 0.3 is 0 Å². The van der Waals surface area contributed by atoms with Gasteiger partial charge in [0.1, 0.15) is 0 Å². The number of carbonyl (C=O) groups is 2. The molecule has 1 aliphatic rings. The Hall–Kier alpha value is -2.47. The molecule has 3 aromatic carbocycles. The van der Waals surface area contributed by atoms with Gasteiger partial charge in [0.25, 0.3) is 5.91 Å². The number of benzene rings is 3. The summed E-state index contributed by atoms with van der Waals surface area (Å²) in [4.78, 5) is 27.8. The largest absolute Gasteiger partial charge is 0.375 e. The Morgan fingerprint density at radius 1 is 1.07 bits per heavy atom. The van der Waals surface area contributed by atoms with E-state index in [1.807, 2.05) is 31.2 Å². The van der Waals surface area contributed by atoms with Crippen molar-refractivity contribution in [1.82, 2.24) is 0 Å². The highest BCUT2D eigenvalue weighted by molar-refractivity contribution is 9.10. The number of nitrogens with zero attached hydrogens (tertiary/aromatic N) is 1. The van der Waals surface area contributed by atoms with Crippen molar-refractivity contribution in [2.75, 3.05) is 4.90 Å². The van der Waals surface area contributed by atoms with Crippen molar-refractivity contribution in [2.24, 2.45) is 0 Å². The molecule has 4 nitrogen and oxygen atoms in total.